The first-order valence-corrected chi connectivity index (χ1v) is 9.10. The van der Waals surface area contributed by atoms with Crippen LogP contribution in [-0.2, 0) is 5.41 Å². The van der Waals surface area contributed by atoms with E-state index in [0.29, 0.717) is 5.89 Å². The molecule has 0 fully saturated rings. The predicted molar refractivity (Wildman–Crippen MR) is 109 cm³/mol. The largest absolute Gasteiger partial charge is 0.423 e. The zero-order valence-electron chi connectivity index (χ0n) is 15.8. The van der Waals surface area contributed by atoms with Gasteiger partial charge < -0.3 is 4.42 Å². The van der Waals surface area contributed by atoms with Crippen LogP contribution in [0, 0.1) is 0 Å². The second kappa shape index (κ2) is 6.84. The third-order valence-corrected chi connectivity index (χ3v) is 4.73. The number of hydrogen-bond donors (Lipinski definition) is 0. The summed E-state index contributed by atoms with van der Waals surface area (Å²) in [4.78, 5) is 0. The monoisotopic (exact) mass is 354 g/mol. The Morgan fingerprint density at radius 3 is 1.74 bits per heavy atom. The number of rotatable bonds is 3. The van der Waals surface area contributed by atoms with E-state index in [1.165, 1.54) is 23.1 Å². The van der Waals surface area contributed by atoms with Crippen LogP contribution in [0.25, 0.3) is 33.7 Å². The van der Waals surface area contributed by atoms with Gasteiger partial charge in [0.25, 0.3) is 0 Å². The predicted octanol–water partition coefficient (Wildman–Crippen LogP) is 6.37. The van der Waals surface area contributed by atoms with E-state index in [4.69, 9.17) is 4.42 Å². The maximum atomic E-state index is 5.57. The van der Waals surface area contributed by atoms with Gasteiger partial charge in [-0.05, 0) is 45.4 Å². The Morgan fingerprint density at radius 2 is 1.26 bits per heavy atom. The fourth-order valence-electron chi connectivity index (χ4n) is 3.40. The molecule has 0 radical (unpaired) electrons. The van der Waals surface area contributed by atoms with Crippen LogP contribution in [0.5, 0.6) is 0 Å². The number of benzene rings is 3. The van der Waals surface area contributed by atoms with Gasteiger partial charge in [0.2, 0.25) is 12.3 Å². The molecule has 0 aliphatic rings. The van der Waals surface area contributed by atoms with E-state index >= 15 is 0 Å². The molecule has 3 heteroatoms. The van der Waals surface area contributed by atoms with Crippen LogP contribution < -0.4 is 0 Å². The minimum absolute atomic E-state index is 0.0669. The van der Waals surface area contributed by atoms with Crippen molar-refractivity contribution in [2.24, 2.45) is 0 Å². The quantitative estimate of drug-likeness (QED) is 0.429. The van der Waals surface area contributed by atoms with Gasteiger partial charge in [-0.3, -0.25) is 0 Å². The van der Waals surface area contributed by atoms with Crippen LogP contribution in [0.1, 0.15) is 26.3 Å². The van der Waals surface area contributed by atoms with Gasteiger partial charge in [0.15, 0.2) is 0 Å². The Morgan fingerprint density at radius 1 is 0.704 bits per heavy atom. The van der Waals surface area contributed by atoms with Crippen molar-refractivity contribution in [2.45, 2.75) is 26.2 Å². The van der Waals surface area contributed by atoms with Crippen LogP contribution >= 0.6 is 0 Å². The van der Waals surface area contributed by atoms with Crippen molar-refractivity contribution >= 4 is 0 Å². The fourth-order valence-corrected chi connectivity index (χ4v) is 3.40. The van der Waals surface area contributed by atoms with Gasteiger partial charge in [-0.15, -0.1) is 10.2 Å². The summed E-state index contributed by atoms with van der Waals surface area (Å²) in [6, 6.07) is 25.4. The van der Waals surface area contributed by atoms with Crippen molar-refractivity contribution in [1.82, 2.24) is 10.2 Å². The van der Waals surface area contributed by atoms with Crippen LogP contribution in [0.4, 0.5) is 0 Å². The highest BCUT2D eigenvalue weighted by molar-refractivity contribution is 5.87. The Labute approximate surface area is 159 Å². The maximum absolute atomic E-state index is 5.57. The molecule has 0 bridgehead atoms. The van der Waals surface area contributed by atoms with Gasteiger partial charge in [-0.2, -0.15) is 0 Å². The summed E-state index contributed by atoms with van der Waals surface area (Å²) in [5.41, 5.74) is 6.82. The molecule has 0 N–H and O–H groups in total. The fraction of sp³-hybridized carbons (Fsp3) is 0.167. The van der Waals surface area contributed by atoms with E-state index in [1.54, 1.807) is 0 Å². The molecule has 27 heavy (non-hydrogen) atoms. The van der Waals surface area contributed by atoms with Crippen LogP contribution in [-0.4, -0.2) is 10.2 Å². The molecule has 3 aromatic carbocycles. The van der Waals surface area contributed by atoms with Crippen molar-refractivity contribution in [1.29, 1.82) is 0 Å². The van der Waals surface area contributed by atoms with E-state index in [9.17, 15) is 0 Å². The summed E-state index contributed by atoms with van der Waals surface area (Å²) in [6.45, 7) is 6.62. The average Bonchev–Trinajstić information content (AvgIpc) is 3.22. The molecule has 0 saturated carbocycles. The first-order chi connectivity index (χ1) is 13.0. The van der Waals surface area contributed by atoms with Crippen molar-refractivity contribution in [2.75, 3.05) is 0 Å². The first-order valence-electron chi connectivity index (χ1n) is 9.10. The van der Waals surface area contributed by atoms with Crippen molar-refractivity contribution < 1.29 is 4.42 Å². The SMILES string of the molecule is CC(C)(C)c1cc(-c2ccccc2)c(-c2ccccc2)cc1-c1nnco1. The first kappa shape index (κ1) is 17.2. The van der Waals surface area contributed by atoms with Gasteiger partial charge in [-0.1, -0.05) is 81.4 Å². The summed E-state index contributed by atoms with van der Waals surface area (Å²) >= 11 is 0. The molecular formula is C24H22N2O. The lowest BCUT2D eigenvalue weighted by Gasteiger charge is -2.24. The molecule has 1 aromatic heterocycles. The maximum Gasteiger partial charge on any atom is 0.247 e. The third-order valence-electron chi connectivity index (χ3n) is 4.73. The van der Waals surface area contributed by atoms with Gasteiger partial charge >= 0.3 is 0 Å². The molecule has 0 aliphatic carbocycles. The lowest BCUT2D eigenvalue weighted by molar-refractivity contribution is 0.557. The van der Waals surface area contributed by atoms with E-state index in [1.807, 2.05) is 12.1 Å². The van der Waals surface area contributed by atoms with Crippen LogP contribution in [0.2, 0.25) is 0 Å². The second-order valence-electron chi connectivity index (χ2n) is 7.67. The number of hydrogen-bond acceptors (Lipinski definition) is 3. The molecule has 1 heterocycles. The Balaban J connectivity index is 2.06. The van der Waals surface area contributed by atoms with E-state index < -0.39 is 0 Å². The summed E-state index contributed by atoms with van der Waals surface area (Å²) in [5, 5.41) is 8.07. The highest BCUT2D eigenvalue weighted by atomic mass is 16.4. The summed E-state index contributed by atoms with van der Waals surface area (Å²) < 4.78 is 5.57. The highest BCUT2D eigenvalue weighted by Gasteiger charge is 2.24. The molecule has 0 saturated heterocycles. The van der Waals surface area contributed by atoms with Gasteiger partial charge in [0, 0.05) is 5.56 Å². The Hall–Kier alpha value is -3.20. The van der Waals surface area contributed by atoms with Gasteiger partial charge in [-0.25, -0.2) is 0 Å². The molecule has 0 aliphatic heterocycles. The van der Waals surface area contributed by atoms with Crippen molar-refractivity contribution in [3.8, 4) is 33.7 Å². The number of nitrogens with zero attached hydrogens (tertiary/aromatic N) is 2. The molecule has 3 nitrogen and oxygen atoms in total. The zero-order chi connectivity index (χ0) is 18.9. The van der Waals surface area contributed by atoms with Crippen LogP contribution in [0.3, 0.4) is 0 Å². The average molecular weight is 354 g/mol. The minimum Gasteiger partial charge on any atom is -0.423 e. The van der Waals surface area contributed by atoms with Crippen LogP contribution in [0.15, 0.2) is 83.6 Å². The molecule has 4 rings (SSSR count). The molecular weight excluding hydrogens is 332 g/mol. The molecule has 0 amide bonds. The molecule has 4 aromatic rings. The normalized spacial score (nSPS) is 11.5. The summed E-state index contributed by atoms with van der Waals surface area (Å²) in [6.07, 6.45) is 1.38. The molecule has 134 valence electrons. The van der Waals surface area contributed by atoms with E-state index in [2.05, 4.69) is 91.6 Å². The topological polar surface area (TPSA) is 38.9 Å². The minimum atomic E-state index is -0.0669. The summed E-state index contributed by atoms with van der Waals surface area (Å²) in [5.74, 6) is 0.553. The van der Waals surface area contributed by atoms with E-state index in [-0.39, 0.29) is 5.41 Å². The number of aromatic nitrogens is 2. The Kier molecular flexibility index (Phi) is 4.36. The smallest absolute Gasteiger partial charge is 0.247 e. The summed E-state index contributed by atoms with van der Waals surface area (Å²) in [7, 11) is 0. The standard InChI is InChI=1S/C24H22N2O/c1-24(2,3)22-15-20(18-12-8-5-9-13-18)19(17-10-6-4-7-11-17)14-21(22)23-26-25-16-27-23/h4-16H,1-3H3. The van der Waals surface area contributed by atoms with Crippen molar-refractivity contribution in [3.05, 3.63) is 84.8 Å². The van der Waals surface area contributed by atoms with Crippen molar-refractivity contribution in [3.63, 3.8) is 0 Å². The lowest BCUT2D eigenvalue weighted by Crippen LogP contribution is -2.13. The molecule has 0 unspecified atom stereocenters. The third kappa shape index (κ3) is 3.41. The lowest BCUT2D eigenvalue weighted by atomic mass is 9.79. The van der Waals surface area contributed by atoms with Gasteiger partial charge in [0.05, 0.1) is 0 Å². The van der Waals surface area contributed by atoms with Gasteiger partial charge in [0.1, 0.15) is 0 Å². The molecule has 0 spiro atoms. The zero-order valence-corrected chi connectivity index (χ0v) is 15.8. The molecule has 0 atom stereocenters. The van der Waals surface area contributed by atoms with E-state index in [0.717, 1.165) is 16.7 Å². The highest BCUT2D eigenvalue weighted by Crippen LogP contribution is 2.41. The second-order valence-corrected chi connectivity index (χ2v) is 7.67. The Bertz CT molecular complexity index is 1030.